The van der Waals surface area contributed by atoms with Gasteiger partial charge in [-0.3, -0.25) is 0 Å². The van der Waals surface area contributed by atoms with Crippen molar-refractivity contribution in [3.63, 3.8) is 0 Å². The highest BCUT2D eigenvalue weighted by molar-refractivity contribution is 7.79. The number of rotatable bonds is 4. The van der Waals surface area contributed by atoms with Gasteiger partial charge in [-0.05, 0) is 52.2 Å². The largest absolute Gasteiger partial charge is 0.314 e. The van der Waals surface area contributed by atoms with Crippen LogP contribution in [0.1, 0.15) is 0 Å². The van der Waals surface area contributed by atoms with E-state index in [0.29, 0.717) is 5.82 Å². The molecule has 3 heterocycles. The summed E-state index contributed by atoms with van der Waals surface area (Å²) in [5.41, 5.74) is 10.4. The predicted octanol–water partition coefficient (Wildman–Crippen LogP) is 8.32. The molecule has 42 heavy (non-hydrogen) atoms. The fraction of sp³-hybridized carbons (Fsp3) is 0.0270. The predicted molar refractivity (Wildman–Crippen MR) is 173 cm³/mol. The molecule has 5 aromatic carbocycles. The van der Waals surface area contributed by atoms with Crippen molar-refractivity contribution < 1.29 is 4.57 Å². The molecule has 1 aliphatic heterocycles. The van der Waals surface area contributed by atoms with Gasteiger partial charge in [-0.15, -0.1) is 5.10 Å². The first-order valence-electron chi connectivity index (χ1n) is 14.0. The highest BCUT2D eigenvalue weighted by Gasteiger charge is 2.34. The normalized spacial score (nSPS) is 15.5. The standard InChI is InChI=1S/C37H26N3OP/c1-42(41)34-15-9-8-14-31(34)32-21-20-29(23-35(32)42)26-16-18-28(19-17-26)36-38-37-33(27-12-6-3-7-13-27)22-30(24-40(37)39-36)25-10-4-2-5-11-25/h2-24H,1H3. The molecule has 0 saturated heterocycles. The third-order valence-electron chi connectivity index (χ3n) is 8.21. The Balaban J connectivity index is 1.19. The number of pyridine rings is 1. The molecule has 200 valence electrons. The van der Waals surface area contributed by atoms with Crippen LogP contribution in [-0.2, 0) is 4.57 Å². The molecular formula is C37H26N3OP. The lowest BCUT2D eigenvalue weighted by molar-refractivity contribution is 0.591. The summed E-state index contributed by atoms with van der Waals surface area (Å²) in [4.78, 5) is 5.00. The Morgan fingerprint density at radius 3 is 1.88 bits per heavy atom. The third-order valence-corrected chi connectivity index (χ3v) is 10.8. The van der Waals surface area contributed by atoms with E-state index in [2.05, 4.69) is 91.0 Å². The summed E-state index contributed by atoms with van der Waals surface area (Å²) in [6.07, 6.45) is 2.05. The van der Waals surface area contributed by atoms with Gasteiger partial charge in [0.2, 0.25) is 0 Å². The van der Waals surface area contributed by atoms with E-state index in [1.165, 1.54) is 0 Å². The maximum Gasteiger partial charge on any atom is 0.182 e. The molecule has 0 radical (unpaired) electrons. The van der Waals surface area contributed by atoms with Gasteiger partial charge < -0.3 is 4.57 Å². The van der Waals surface area contributed by atoms with Crippen LogP contribution in [0.15, 0.2) is 140 Å². The van der Waals surface area contributed by atoms with Crippen molar-refractivity contribution in [2.45, 2.75) is 0 Å². The minimum atomic E-state index is -2.62. The van der Waals surface area contributed by atoms with E-state index in [4.69, 9.17) is 10.1 Å². The molecule has 8 rings (SSSR count). The molecule has 0 aliphatic carbocycles. The van der Waals surface area contributed by atoms with Crippen LogP contribution in [0.3, 0.4) is 0 Å². The zero-order valence-corrected chi connectivity index (χ0v) is 23.9. The average molecular weight is 560 g/mol. The van der Waals surface area contributed by atoms with E-state index in [9.17, 15) is 4.57 Å². The first-order valence-corrected chi connectivity index (χ1v) is 16.2. The van der Waals surface area contributed by atoms with Gasteiger partial charge in [0.25, 0.3) is 0 Å². The highest BCUT2D eigenvalue weighted by atomic mass is 31.2. The van der Waals surface area contributed by atoms with E-state index in [-0.39, 0.29) is 0 Å². The molecule has 0 saturated carbocycles. The zero-order chi connectivity index (χ0) is 28.3. The first kappa shape index (κ1) is 24.7. The van der Waals surface area contributed by atoms with Crippen molar-refractivity contribution in [3.05, 3.63) is 140 Å². The summed E-state index contributed by atoms with van der Waals surface area (Å²) >= 11 is 0. The van der Waals surface area contributed by atoms with Gasteiger partial charge in [-0.25, -0.2) is 9.50 Å². The maximum absolute atomic E-state index is 13.8. The summed E-state index contributed by atoms with van der Waals surface area (Å²) in [6.45, 7) is 1.88. The van der Waals surface area contributed by atoms with Crippen LogP contribution >= 0.6 is 7.14 Å². The van der Waals surface area contributed by atoms with Crippen molar-refractivity contribution in [1.29, 1.82) is 0 Å². The van der Waals surface area contributed by atoms with Crippen molar-refractivity contribution in [2.24, 2.45) is 0 Å². The van der Waals surface area contributed by atoms with Crippen LogP contribution in [0.25, 0.3) is 61.5 Å². The molecule has 0 spiro atoms. The maximum atomic E-state index is 13.8. The quantitative estimate of drug-likeness (QED) is 0.204. The Kier molecular flexibility index (Phi) is 5.60. The van der Waals surface area contributed by atoms with E-state index in [1.807, 2.05) is 59.8 Å². The highest BCUT2D eigenvalue weighted by Crippen LogP contribution is 2.50. The topological polar surface area (TPSA) is 47.3 Å². The van der Waals surface area contributed by atoms with E-state index in [1.54, 1.807) is 0 Å². The lowest BCUT2D eigenvalue weighted by atomic mass is 9.99. The summed E-state index contributed by atoms with van der Waals surface area (Å²) in [7, 11) is -2.62. The summed E-state index contributed by atoms with van der Waals surface area (Å²) in [6, 6.07) is 45.6. The summed E-state index contributed by atoms with van der Waals surface area (Å²) in [5, 5.41) is 6.81. The van der Waals surface area contributed by atoms with Gasteiger partial charge in [-0.1, -0.05) is 121 Å². The molecule has 0 N–H and O–H groups in total. The molecule has 2 aromatic heterocycles. The average Bonchev–Trinajstić information content (AvgIpc) is 3.58. The Hall–Kier alpha value is -5.05. The number of fused-ring (bicyclic) bond motifs is 4. The molecule has 1 unspecified atom stereocenters. The Morgan fingerprint density at radius 2 is 1.12 bits per heavy atom. The van der Waals surface area contributed by atoms with Crippen LogP contribution in [0.5, 0.6) is 0 Å². The number of aromatic nitrogens is 3. The zero-order valence-electron chi connectivity index (χ0n) is 23.0. The lowest BCUT2D eigenvalue weighted by Crippen LogP contribution is -2.08. The third kappa shape index (κ3) is 3.95. The van der Waals surface area contributed by atoms with Gasteiger partial charge in [0.05, 0.1) is 0 Å². The fourth-order valence-corrected chi connectivity index (χ4v) is 8.36. The van der Waals surface area contributed by atoms with Crippen LogP contribution in [-0.4, -0.2) is 21.3 Å². The first-order chi connectivity index (χ1) is 20.6. The smallest absolute Gasteiger partial charge is 0.182 e. The summed E-state index contributed by atoms with van der Waals surface area (Å²) < 4.78 is 15.7. The van der Waals surface area contributed by atoms with E-state index >= 15 is 0 Å². The second-order valence-corrected chi connectivity index (χ2v) is 13.6. The molecule has 0 fully saturated rings. The summed E-state index contributed by atoms with van der Waals surface area (Å²) in [5.74, 6) is 0.673. The van der Waals surface area contributed by atoms with Crippen molar-refractivity contribution in [3.8, 4) is 55.9 Å². The van der Waals surface area contributed by atoms with Gasteiger partial charge in [0.1, 0.15) is 7.14 Å². The van der Waals surface area contributed by atoms with Crippen molar-refractivity contribution in [2.75, 3.05) is 6.66 Å². The molecule has 0 amide bonds. The SMILES string of the molecule is CP1(=O)c2ccccc2-c2ccc(-c3ccc(-c4nc5c(-c6ccccc6)cc(-c6ccccc6)cn5n4)cc3)cc21. The van der Waals surface area contributed by atoms with Crippen LogP contribution < -0.4 is 10.6 Å². The molecule has 1 atom stereocenters. The number of benzene rings is 5. The number of hydrogen-bond acceptors (Lipinski definition) is 3. The van der Waals surface area contributed by atoms with E-state index in [0.717, 1.165) is 66.3 Å². The Morgan fingerprint density at radius 1 is 0.524 bits per heavy atom. The van der Waals surface area contributed by atoms with E-state index < -0.39 is 7.14 Å². The van der Waals surface area contributed by atoms with Crippen molar-refractivity contribution in [1.82, 2.24) is 14.6 Å². The molecule has 5 heteroatoms. The van der Waals surface area contributed by atoms with Crippen molar-refractivity contribution >= 4 is 23.4 Å². The number of hydrogen-bond donors (Lipinski definition) is 0. The second kappa shape index (κ2) is 9.51. The van der Waals surface area contributed by atoms with Gasteiger partial charge >= 0.3 is 0 Å². The molecular weight excluding hydrogens is 533 g/mol. The minimum Gasteiger partial charge on any atom is -0.314 e. The minimum absolute atomic E-state index is 0.673. The molecule has 7 aromatic rings. The monoisotopic (exact) mass is 559 g/mol. The van der Waals surface area contributed by atoms with Gasteiger partial charge in [0.15, 0.2) is 11.5 Å². The second-order valence-electron chi connectivity index (χ2n) is 10.8. The Labute approximate surface area is 244 Å². The van der Waals surface area contributed by atoms with Crippen LogP contribution in [0.2, 0.25) is 0 Å². The van der Waals surface area contributed by atoms with Gasteiger partial charge in [0, 0.05) is 33.5 Å². The lowest BCUT2D eigenvalue weighted by Gasteiger charge is -2.10. The van der Waals surface area contributed by atoms with Crippen LogP contribution in [0.4, 0.5) is 0 Å². The van der Waals surface area contributed by atoms with Crippen LogP contribution in [0, 0.1) is 0 Å². The number of nitrogens with zero attached hydrogens (tertiary/aromatic N) is 3. The van der Waals surface area contributed by atoms with Gasteiger partial charge in [-0.2, -0.15) is 0 Å². The Bertz CT molecular complexity index is 2170. The molecule has 1 aliphatic rings. The fourth-order valence-electron chi connectivity index (χ4n) is 6.03. The molecule has 4 nitrogen and oxygen atoms in total. The molecule has 0 bridgehead atoms.